The Morgan fingerprint density at radius 3 is 2.48 bits per heavy atom. The third-order valence-electron chi connectivity index (χ3n) is 4.28. The van der Waals surface area contributed by atoms with Gasteiger partial charge < -0.3 is 18.7 Å². The molecule has 0 unspecified atom stereocenters. The van der Waals surface area contributed by atoms with Crippen LogP contribution in [0.25, 0.3) is 0 Å². The van der Waals surface area contributed by atoms with Gasteiger partial charge in [0.05, 0.1) is 22.7 Å². The number of hydrogen-bond donors (Lipinski definition) is 0. The van der Waals surface area contributed by atoms with E-state index in [1.165, 1.54) is 0 Å². The van der Waals surface area contributed by atoms with Crippen LogP contribution < -0.4 is 9.47 Å². The van der Waals surface area contributed by atoms with Gasteiger partial charge in [-0.25, -0.2) is 0 Å². The number of esters is 1. The topological polar surface area (TPSA) is 70.8 Å². The van der Waals surface area contributed by atoms with Crippen LogP contribution in [0.4, 0.5) is 0 Å². The Morgan fingerprint density at radius 1 is 1.03 bits per heavy atom. The van der Waals surface area contributed by atoms with E-state index in [1.807, 2.05) is 50.2 Å². The van der Waals surface area contributed by atoms with E-state index in [4.69, 9.17) is 30.3 Å². The van der Waals surface area contributed by atoms with Crippen LogP contribution in [0.2, 0.25) is 5.02 Å². The summed E-state index contributed by atoms with van der Waals surface area (Å²) in [6.07, 6.45) is 0.177. The minimum atomic E-state index is -0.322. The van der Waals surface area contributed by atoms with Crippen molar-refractivity contribution in [3.05, 3.63) is 76.1 Å². The molecule has 1 aromatic heterocycles. The number of halogens is 1. The van der Waals surface area contributed by atoms with E-state index in [0.29, 0.717) is 23.1 Å². The fourth-order valence-electron chi connectivity index (χ4n) is 2.65. The molecule has 0 aliphatic carbocycles. The molecule has 0 radical (unpaired) electrons. The fraction of sp³-hybridized carbons (Fsp3) is 0.273. The molecule has 0 N–H and O–H groups in total. The van der Waals surface area contributed by atoms with Crippen molar-refractivity contribution >= 4 is 17.6 Å². The van der Waals surface area contributed by atoms with E-state index >= 15 is 0 Å². The summed E-state index contributed by atoms with van der Waals surface area (Å²) in [7, 11) is 0. The van der Waals surface area contributed by atoms with Gasteiger partial charge in [-0.05, 0) is 43.7 Å². The molecule has 1 heterocycles. The maximum Gasteiger partial charge on any atom is 0.310 e. The van der Waals surface area contributed by atoms with Crippen LogP contribution in [-0.2, 0) is 22.6 Å². The molecule has 7 heteroatoms. The third-order valence-corrected chi connectivity index (χ3v) is 4.59. The zero-order valence-corrected chi connectivity index (χ0v) is 17.1. The lowest BCUT2D eigenvalue weighted by atomic mass is 10.1. The molecule has 152 valence electrons. The highest BCUT2D eigenvalue weighted by molar-refractivity contribution is 6.32. The standard InChI is InChI=1S/C22H22ClNO5/c1-15-19(16(2)29-24-15)14-28-18-9-7-17(8-10-18)13-22(25)27-12-11-26-21-6-4-3-5-20(21)23/h3-10H,11-14H2,1-2H3. The summed E-state index contributed by atoms with van der Waals surface area (Å²) >= 11 is 6.00. The maximum absolute atomic E-state index is 12.0. The molecule has 2 aromatic carbocycles. The van der Waals surface area contributed by atoms with Crippen molar-refractivity contribution in [2.45, 2.75) is 26.9 Å². The van der Waals surface area contributed by atoms with Gasteiger partial charge in [0.2, 0.25) is 0 Å². The Balaban J connectivity index is 1.40. The lowest BCUT2D eigenvalue weighted by molar-refractivity contribution is -0.143. The van der Waals surface area contributed by atoms with Gasteiger partial charge in [-0.1, -0.05) is 41.0 Å². The summed E-state index contributed by atoms with van der Waals surface area (Å²) in [6.45, 7) is 4.51. The molecule has 0 amide bonds. The lowest BCUT2D eigenvalue weighted by Gasteiger charge is -2.09. The Labute approximate surface area is 174 Å². The molecule has 6 nitrogen and oxygen atoms in total. The molecule has 0 bridgehead atoms. The van der Waals surface area contributed by atoms with E-state index in [9.17, 15) is 4.79 Å². The van der Waals surface area contributed by atoms with Crippen molar-refractivity contribution in [3.8, 4) is 11.5 Å². The van der Waals surface area contributed by atoms with Crippen LogP contribution in [0.15, 0.2) is 53.1 Å². The van der Waals surface area contributed by atoms with Crippen molar-refractivity contribution in [3.63, 3.8) is 0 Å². The summed E-state index contributed by atoms with van der Waals surface area (Å²) in [6, 6.07) is 14.5. The van der Waals surface area contributed by atoms with E-state index in [-0.39, 0.29) is 25.6 Å². The Morgan fingerprint density at radius 2 is 1.79 bits per heavy atom. The molecule has 0 saturated heterocycles. The van der Waals surface area contributed by atoms with Gasteiger partial charge in [-0.2, -0.15) is 0 Å². The zero-order chi connectivity index (χ0) is 20.6. The number of aryl methyl sites for hydroxylation is 2. The van der Waals surface area contributed by atoms with Gasteiger partial charge in [-0.15, -0.1) is 0 Å². The molecule has 3 aromatic rings. The fourth-order valence-corrected chi connectivity index (χ4v) is 2.84. The smallest absolute Gasteiger partial charge is 0.310 e. The van der Waals surface area contributed by atoms with Crippen LogP contribution in [-0.4, -0.2) is 24.3 Å². The van der Waals surface area contributed by atoms with E-state index in [1.54, 1.807) is 12.1 Å². The van der Waals surface area contributed by atoms with Crippen LogP contribution in [0.3, 0.4) is 0 Å². The van der Waals surface area contributed by atoms with E-state index in [0.717, 1.165) is 22.6 Å². The van der Waals surface area contributed by atoms with E-state index in [2.05, 4.69) is 5.16 Å². The molecule has 0 atom stereocenters. The van der Waals surface area contributed by atoms with Gasteiger partial charge in [0.25, 0.3) is 0 Å². The number of carbonyl (C=O) groups excluding carboxylic acids is 1. The minimum Gasteiger partial charge on any atom is -0.489 e. The molecule has 0 fully saturated rings. The molecule has 0 spiro atoms. The van der Waals surface area contributed by atoms with Gasteiger partial charge in [0, 0.05) is 0 Å². The molecule has 0 saturated carbocycles. The number of hydrogen-bond acceptors (Lipinski definition) is 6. The first-order chi connectivity index (χ1) is 14.0. The molecule has 0 aliphatic heterocycles. The molecule has 3 rings (SSSR count). The predicted molar refractivity (Wildman–Crippen MR) is 108 cm³/mol. The van der Waals surface area contributed by atoms with Crippen molar-refractivity contribution in [2.24, 2.45) is 0 Å². The van der Waals surface area contributed by atoms with Crippen molar-refractivity contribution in [1.29, 1.82) is 0 Å². The number of para-hydroxylation sites is 1. The Bertz CT molecular complexity index is 933. The number of aromatic nitrogens is 1. The van der Waals surface area contributed by atoms with Crippen molar-refractivity contribution < 1.29 is 23.5 Å². The molecular weight excluding hydrogens is 394 g/mol. The Kier molecular flexibility index (Phi) is 7.14. The highest BCUT2D eigenvalue weighted by atomic mass is 35.5. The second kappa shape index (κ2) is 9.98. The number of carbonyl (C=O) groups is 1. The number of nitrogens with zero attached hydrogens (tertiary/aromatic N) is 1. The van der Waals surface area contributed by atoms with Crippen molar-refractivity contribution in [2.75, 3.05) is 13.2 Å². The first-order valence-electron chi connectivity index (χ1n) is 9.19. The lowest BCUT2D eigenvalue weighted by Crippen LogP contribution is -2.14. The van der Waals surface area contributed by atoms with Crippen molar-refractivity contribution in [1.82, 2.24) is 5.16 Å². The second-order valence-electron chi connectivity index (χ2n) is 6.41. The average molecular weight is 416 g/mol. The summed E-state index contributed by atoms with van der Waals surface area (Å²) in [5, 5.41) is 4.43. The quantitative estimate of drug-likeness (QED) is 0.373. The molecule has 29 heavy (non-hydrogen) atoms. The maximum atomic E-state index is 12.0. The first kappa shape index (κ1) is 20.7. The van der Waals surface area contributed by atoms with Gasteiger partial charge in [0.1, 0.15) is 37.1 Å². The Hall–Kier alpha value is -2.99. The summed E-state index contributed by atoms with van der Waals surface area (Å²) < 4.78 is 21.6. The third kappa shape index (κ3) is 5.99. The van der Waals surface area contributed by atoms with Crippen LogP contribution in [0.1, 0.15) is 22.6 Å². The molecular formula is C22H22ClNO5. The summed E-state index contributed by atoms with van der Waals surface area (Å²) in [5.74, 6) is 1.70. The van der Waals surface area contributed by atoms with Crippen LogP contribution >= 0.6 is 11.6 Å². The number of benzene rings is 2. The second-order valence-corrected chi connectivity index (χ2v) is 6.82. The highest BCUT2D eigenvalue weighted by Gasteiger charge is 2.10. The highest BCUT2D eigenvalue weighted by Crippen LogP contribution is 2.23. The van der Waals surface area contributed by atoms with Crippen LogP contribution in [0.5, 0.6) is 11.5 Å². The molecule has 0 aliphatic rings. The normalized spacial score (nSPS) is 10.6. The largest absolute Gasteiger partial charge is 0.489 e. The monoisotopic (exact) mass is 415 g/mol. The SMILES string of the molecule is Cc1noc(C)c1COc1ccc(CC(=O)OCCOc2ccccc2Cl)cc1. The summed E-state index contributed by atoms with van der Waals surface area (Å²) in [5.41, 5.74) is 2.60. The number of ether oxygens (including phenoxy) is 3. The number of rotatable bonds is 9. The average Bonchev–Trinajstić information content (AvgIpc) is 3.03. The van der Waals surface area contributed by atoms with Crippen LogP contribution in [0, 0.1) is 13.8 Å². The minimum absolute atomic E-state index is 0.155. The summed E-state index contributed by atoms with van der Waals surface area (Å²) in [4.78, 5) is 12.0. The first-order valence-corrected chi connectivity index (χ1v) is 9.57. The predicted octanol–water partition coefficient (Wildman–Crippen LogP) is 4.69. The van der Waals surface area contributed by atoms with Gasteiger partial charge in [0.15, 0.2) is 0 Å². The van der Waals surface area contributed by atoms with Gasteiger partial charge >= 0.3 is 5.97 Å². The zero-order valence-electron chi connectivity index (χ0n) is 16.3. The van der Waals surface area contributed by atoms with Gasteiger partial charge in [-0.3, -0.25) is 4.79 Å². The van der Waals surface area contributed by atoms with E-state index < -0.39 is 0 Å².